The molecule has 3 heterocycles. The topological polar surface area (TPSA) is 125 Å². The minimum Gasteiger partial charge on any atom is -0.496 e. The Balaban J connectivity index is 1.59. The molecule has 0 spiro atoms. The zero-order valence-corrected chi connectivity index (χ0v) is 27.2. The molecular weight excluding hydrogens is 578 g/mol. The van der Waals surface area contributed by atoms with Gasteiger partial charge in [0.1, 0.15) is 29.7 Å². The van der Waals surface area contributed by atoms with Crippen LogP contribution in [0.15, 0.2) is 23.0 Å². The lowest BCUT2D eigenvalue weighted by Crippen LogP contribution is -2.55. The summed E-state index contributed by atoms with van der Waals surface area (Å²) in [6, 6.07) is 3.66. The molecule has 1 saturated heterocycles. The standard InChI is InChI=1S/C34H47N3O8/c1-6-36-25-17-27(42-4)22-13-10-14-34(2,3)20-44-33(41)35-30(21-11-8-7-9-12-21)31(39)37-19-23(16-26(37)32(40)43-5)45-28(18-29(36)38)24(25)15-22/h15,17-18,21,23,26,30H,6-14,16,19-20H2,1-5H3,(H,35,41)/t23-,26-,30-/m0/s1. The molecule has 246 valence electrons. The summed E-state index contributed by atoms with van der Waals surface area (Å²) in [6.07, 6.45) is 5.88. The van der Waals surface area contributed by atoms with Crippen molar-refractivity contribution in [3.63, 3.8) is 0 Å². The Labute approximate surface area is 264 Å². The van der Waals surface area contributed by atoms with Gasteiger partial charge in [0, 0.05) is 30.5 Å². The van der Waals surface area contributed by atoms with Crippen LogP contribution in [0.4, 0.5) is 4.79 Å². The number of carbonyl (C=O) groups is 3. The molecule has 2 fully saturated rings. The van der Waals surface area contributed by atoms with Gasteiger partial charge >= 0.3 is 12.1 Å². The van der Waals surface area contributed by atoms with E-state index in [1.165, 1.54) is 18.1 Å². The highest BCUT2D eigenvalue weighted by Gasteiger charge is 2.46. The Morgan fingerprint density at radius 3 is 2.51 bits per heavy atom. The van der Waals surface area contributed by atoms with Gasteiger partial charge < -0.3 is 33.7 Å². The number of fused-ring (bicyclic) bond motifs is 3. The number of methoxy groups -OCH3 is 2. The zero-order valence-electron chi connectivity index (χ0n) is 27.2. The Morgan fingerprint density at radius 1 is 1.07 bits per heavy atom. The van der Waals surface area contributed by atoms with Gasteiger partial charge in [0.15, 0.2) is 0 Å². The van der Waals surface area contributed by atoms with Gasteiger partial charge in [-0.2, -0.15) is 0 Å². The van der Waals surface area contributed by atoms with Crippen LogP contribution in [0.3, 0.4) is 0 Å². The lowest BCUT2D eigenvalue weighted by Gasteiger charge is -2.34. The number of rotatable bonds is 4. The number of carbonyl (C=O) groups excluding carboxylic acids is 3. The van der Waals surface area contributed by atoms with Gasteiger partial charge in [-0.1, -0.05) is 33.1 Å². The second-order valence-corrected chi connectivity index (χ2v) is 13.4. The zero-order chi connectivity index (χ0) is 32.3. The van der Waals surface area contributed by atoms with Crippen molar-refractivity contribution in [3.05, 3.63) is 34.1 Å². The van der Waals surface area contributed by atoms with E-state index < -0.39 is 30.3 Å². The predicted octanol–water partition coefficient (Wildman–Crippen LogP) is 4.59. The number of nitrogens with zero attached hydrogens (tertiary/aromatic N) is 2. The van der Waals surface area contributed by atoms with E-state index in [-0.39, 0.29) is 42.4 Å². The van der Waals surface area contributed by atoms with Crippen LogP contribution in [0.1, 0.15) is 77.7 Å². The van der Waals surface area contributed by atoms with Crippen LogP contribution in [0.2, 0.25) is 0 Å². The molecule has 1 saturated carbocycles. The molecule has 2 aromatic rings. The highest BCUT2D eigenvalue weighted by molar-refractivity contribution is 5.91. The molecule has 4 bridgehead atoms. The molecular formula is C34H47N3O8. The highest BCUT2D eigenvalue weighted by Crippen LogP contribution is 2.36. The first kappa shape index (κ1) is 32.6. The molecule has 0 unspecified atom stereocenters. The fourth-order valence-electron chi connectivity index (χ4n) is 7.18. The second kappa shape index (κ2) is 13.7. The van der Waals surface area contributed by atoms with Crippen molar-refractivity contribution in [2.45, 2.75) is 103 Å². The van der Waals surface area contributed by atoms with Crippen LogP contribution in [-0.4, -0.2) is 73.0 Å². The summed E-state index contributed by atoms with van der Waals surface area (Å²) in [6.45, 7) is 6.79. The normalized spacial score (nSPS) is 24.7. The number of cyclic esters (lactones) is 1. The van der Waals surface area contributed by atoms with Gasteiger partial charge in [-0.05, 0) is 62.0 Å². The maximum absolute atomic E-state index is 14.3. The number of aromatic nitrogens is 1. The summed E-state index contributed by atoms with van der Waals surface area (Å²) in [5.41, 5.74) is 1.14. The lowest BCUT2D eigenvalue weighted by molar-refractivity contribution is -0.152. The summed E-state index contributed by atoms with van der Waals surface area (Å²) in [5.74, 6) is 0.110. The molecule has 0 radical (unpaired) electrons. The molecule has 2 aliphatic heterocycles. The van der Waals surface area contributed by atoms with Crippen molar-refractivity contribution in [1.82, 2.24) is 14.8 Å². The smallest absolute Gasteiger partial charge is 0.407 e. The third-order valence-corrected chi connectivity index (χ3v) is 9.66. The maximum Gasteiger partial charge on any atom is 0.407 e. The predicted molar refractivity (Wildman–Crippen MR) is 169 cm³/mol. The van der Waals surface area contributed by atoms with Gasteiger partial charge in [-0.15, -0.1) is 0 Å². The second-order valence-electron chi connectivity index (χ2n) is 13.4. The van der Waals surface area contributed by atoms with E-state index in [0.717, 1.165) is 55.9 Å². The number of nitrogens with one attached hydrogen (secondary N) is 1. The Bertz CT molecular complexity index is 1480. The third-order valence-electron chi connectivity index (χ3n) is 9.66. The summed E-state index contributed by atoms with van der Waals surface area (Å²) < 4.78 is 24.8. The van der Waals surface area contributed by atoms with Crippen molar-refractivity contribution < 1.29 is 33.3 Å². The number of esters is 1. The summed E-state index contributed by atoms with van der Waals surface area (Å²) in [7, 11) is 2.91. The largest absolute Gasteiger partial charge is 0.496 e. The van der Waals surface area contributed by atoms with Crippen LogP contribution < -0.4 is 20.3 Å². The van der Waals surface area contributed by atoms with Gasteiger partial charge in [-0.25, -0.2) is 9.59 Å². The highest BCUT2D eigenvalue weighted by atomic mass is 16.5. The van der Waals surface area contributed by atoms with Crippen LogP contribution >= 0.6 is 0 Å². The summed E-state index contributed by atoms with van der Waals surface area (Å²) in [5, 5.41) is 3.66. The average Bonchev–Trinajstić information content (AvgIpc) is 3.45. The minimum atomic E-state index is -0.893. The molecule has 1 aliphatic carbocycles. The van der Waals surface area contributed by atoms with Gasteiger partial charge in [0.25, 0.3) is 5.56 Å². The molecule has 5 rings (SSSR count). The van der Waals surface area contributed by atoms with Crippen molar-refractivity contribution in [2.24, 2.45) is 11.3 Å². The van der Waals surface area contributed by atoms with E-state index in [0.29, 0.717) is 30.0 Å². The molecule has 11 heteroatoms. The molecule has 1 aromatic carbocycles. The van der Waals surface area contributed by atoms with E-state index in [1.54, 1.807) is 11.7 Å². The van der Waals surface area contributed by atoms with Gasteiger partial charge in [0.2, 0.25) is 5.91 Å². The van der Waals surface area contributed by atoms with Crippen molar-refractivity contribution >= 4 is 28.9 Å². The molecule has 45 heavy (non-hydrogen) atoms. The van der Waals surface area contributed by atoms with Crippen molar-refractivity contribution in [2.75, 3.05) is 27.4 Å². The van der Waals surface area contributed by atoms with E-state index in [4.69, 9.17) is 18.9 Å². The number of benzene rings is 1. The lowest BCUT2D eigenvalue weighted by atomic mass is 9.83. The maximum atomic E-state index is 14.3. The molecule has 1 aromatic heterocycles. The summed E-state index contributed by atoms with van der Waals surface area (Å²) in [4.78, 5) is 55.2. The van der Waals surface area contributed by atoms with Crippen molar-refractivity contribution in [3.8, 4) is 11.5 Å². The Morgan fingerprint density at radius 2 is 1.82 bits per heavy atom. The fourth-order valence-corrected chi connectivity index (χ4v) is 7.18. The fraction of sp³-hybridized carbons (Fsp3) is 0.647. The molecule has 2 amide bonds. The van der Waals surface area contributed by atoms with E-state index in [2.05, 4.69) is 19.2 Å². The van der Waals surface area contributed by atoms with Gasteiger partial charge in [0.05, 0.1) is 32.9 Å². The number of hydrogen-bond acceptors (Lipinski definition) is 8. The van der Waals surface area contributed by atoms with Crippen LogP contribution in [-0.2, 0) is 32.0 Å². The van der Waals surface area contributed by atoms with E-state index in [9.17, 15) is 19.2 Å². The number of amides is 2. The molecule has 3 atom stereocenters. The summed E-state index contributed by atoms with van der Waals surface area (Å²) >= 11 is 0. The SMILES string of the molecule is CCn1c(=O)cc2c3cc(c(OC)cc31)CCCC(C)(C)COC(=O)N[C@@H](C1CCCCC1)C(=O)N1C[C@H](C[C@H]1C(=O)OC)O2. The number of aryl methyl sites for hydroxylation is 2. The molecule has 1 N–H and O–H groups in total. The number of ether oxygens (including phenoxy) is 4. The van der Waals surface area contributed by atoms with Crippen LogP contribution in [0, 0.1) is 11.3 Å². The first-order valence-electron chi connectivity index (χ1n) is 16.3. The van der Waals surface area contributed by atoms with Crippen molar-refractivity contribution in [1.29, 1.82) is 0 Å². The van der Waals surface area contributed by atoms with Crippen LogP contribution in [0.25, 0.3) is 10.9 Å². The number of hydrogen-bond donors (Lipinski definition) is 1. The number of alkyl carbamates (subject to hydrolysis) is 1. The van der Waals surface area contributed by atoms with E-state index >= 15 is 0 Å². The Hall–Kier alpha value is -3.76. The number of pyridine rings is 1. The quantitative estimate of drug-likeness (QED) is 0.490. The average molecular weight is 626 g/mol. The minimum absolute atomic E-state index is 0.0744. The monoisotopic (exact) mass is 625 g/mol. The van der Waals surface area contributed by atoms with Gasteiger partial charge in [-0.3, -0.25) is 9.59 Å². The first-order valence-corrected chi connectivity index (χ1v) is 16.3. The third kappa shape index (κ3) is 7.07. The van der Waals surface area contributed by atoms with E-state index in [1.807, 2.05) is 19.1 Å². The molecule has 3 aliphatic rings. The first-order chi connectivity index (χ1) is 21.5. The van der Waals surface area contributed by atoms with Crippen LogP contribution in [0.5, 0.6) is 11.5 Å². The molecule has 11 nitrogen and oxygen atoms in total. The Kier molecular flexibility index (Phi) is 9.94.